The van der Waals surface area contributed by atoms with Gasteiger partial charge in [-0.05, 0) is 52.6 Å². The zero-order chi connectivity index (χ0) is 16.1. The predicted molar refractivity (Wildman–Crippen MR) is 86.5 cm³/mol. The molecule has 22 heavy (non-hydrogen) atoms. The number of aromatic nitrogens is 1. The summed E-state index contributed by atoms with van der Waals surface area (Å²) in [7, 11) is 4.08. The summed E-state index contributed by atoms with van der Waals surface area (Å²) >= 11 is 0. The summed E-state index contributed by atoms with van der Waals surface area (Å²) in [6, 6.07) is 8.68. The lowest BCUT2D eigenvalue weighted by molar-refractivity contribution is 0.118. The molecular weight excluding hydrogens is 280 g/mol. The first-order valence-corrected chi connectivity index (χ1v) is 7.48. The third kappa shape index (κ3) is 4.24. The van der Waals surface area contributed by atoms with Crippen molar-refractivity contribution in [3.05, 3.63) is 30.5 Å². The molecule has 5 heteroatoms. The fourth-order valence-corrected chi connectivity index (χ4v) is 2.11. The maximum Gasteiger partial charge on any atom is 0.418 e. The van der Waals surface area contributed by atoms with Crippen molar-refractivity contribution in [3.8, 4) is 5.75 Å². The summed E-state index contributed by atoms with van der Waals surface area (Å²) < 4.78 is 12.4. The minimum Gasteiger partial charge on any atom is -0.494 e. The Balaban J connectivity index is 2.04. The number of hydrogen-bond acceptors (Lipinski definition) is 4. The van der Waals surface area contributed by atoms with Crippen molar-refractivity contribution in [2.75, 3.05) is 27.2 Å². The van der Waals surface area contributed by atoms with E-state index in [4.69, 9.17) is 9.47 Å². The Morgan fingerprint density at radius 3 is 2.82 bits per heavy atom. The van der Waals surface area contributed by atoms with Gasteiger partial charge in [-0.25, -0.2) is 4.79 Å². The van der Waals surface area contributed by atoms with Crippen LogP contribution in [-0.2, 0) is 4.74 Å². The first kappa shape index (κ1) is 16.4. The van der Waals surface area contributed by atoms with Crippen LogP contribution in [0.4, 0.5) is 4.79 Å². The van der Waals surface area contributed by atoms with Crippen molar-refractivity contribution in [2.24, 2.45) is 0 Å². The molecule has 0 N–H and O–H groups in total. The zero-order valence-corrected chi connectivity index (χ0v) is 13.6. The van der Waals surface area contributed by atoms with Crippen LogP contribution < -0.4 is 4.74 Å². The number of fused-ring (bicyclic) bond motifs is 1. The molecule has 0 bridgehead atoms. The van der Waals surface area contributed by atoms with E-state index in [1.165, 1.54) is 4.57 Å². The minimum absolute atomic E-state index is 0.149. The Kier molecular flexibility index (Phi) is 5.44. The molecule has 0 atom stereocenters. The van der Waals surface area contributed by atoms with E-state index in [0.717, 1.165) is 29.6 Å². The van der Waals surface area contributed by atoms with Gasteiger partial charge in [0.25, 0.3) is 0 Å². The van der Waals surface area contributed by atoms with E-state index in [0.29, 0.717) is 6.61 Å². The van der Waals surface area contributed by atoms with Gasteiger partial charge in [0.2, 0.25) is 0 Å². The molecule has 1 radical (unpaired) electrons. The van der Waals surface area contributed by atoms with Crippen LogP contribution in [0.25, 0.3) is 10.9 Å². The largest absolute Gasteiger partial charge is 0.494 e. The standard InChI is InChI=1S/C17H23N2O3/c1-13(2)22-17(20)19-10-8-14-12-15(6-7-16(14)19)21-11-5-9-18(3)4/h6-7,10,12-13H,5,9,11H2,1-4H3. The fraction of sp³-hybridized carbons (Fsp3) is 0.471. The Morgan fingerprint density at radius 1 is 1.36 bits per heavy atom. The molecule has 1 aromatic heterocycles. The molecule has 0 amide bonds. The van der Waals surface area contributed by atoms with Crippen LogP contribution in [0, 0.1) is 6.07 Å². The number of carbonyl (C=O) groups is 1. The van der Waals surface area contributed by atoms with Gasteiger partial charge in [0.05, 0.1) is 18.2 Å². The van der Waals surface area contributed by atoms with E-state index in [1.54, 1.807) is 6.20 Å². The molecule has 0 fully saturated rings. The quantitative estimate of drug-likeness (QED) is 0.769. The average Bonchev–Trinajstić information content (AvgIpc) is 2.85. The average molecular weight is 303 g/mol. The molecule has 0 spiro atoms. The minimum atomic E-state index is -0.388. The van der Waals surface area contributed by atoms with Gasteiger partial charge in [0.15, 0.2) is 0 Å². The van der Waals surface area contributed by atoms with Gasteiger partial charge < -0.3 is 14.4 Å². The first-order valence-electron chi connectivity index (χ1n) is 7.48. The second-order valence-electron chi connectivity index (χ2n) is 5.76. The summed E-state index contributed by atoms with van der Waals surface area (Å²) in [5, 5.41) is 0.839. The summed E-state index contributed by atoms with van der Waals surface area (Å²) in [6.07, 6.45) is 2.03. The molecule has 0 aliphatic heterocycles. The van der Waals surface area contributed by atoms with Gasteiger partial charge in [0.1, 0.15) is 5.75 Å². The van der Waals surface area contributed by atoms with Crippen LogP contribution in [0.2, 0.25) is 0 Å². The van der Waals surface area contributed by atoms with E-state index < -0.39 is 0 Å². The van der Waals surface area contributed by atoms with Crippen molar-refractivity contribution in [1.29, 1.82) is 0 Å². The van der Waals surface area contributed by atoms with Gasteiger partial charge in [0, 0.05) is 24.2 Å². The van der Waals surface area contributed by atoms with Gasteiger partial charge in [-0.15, -0.1) is 0 Å². The second-order valence-corrected chi connectivity index (χ2v) is 5.76. The van der Waals surface area contributed by atoms with Crippen molar-refractivity contribution < 1.29 is 14.3 Å². The number of nitrogens with zero attached hydrogens (tertiary/aromatic N) is 2. The molecule has 1 heterocycles. The lowest BCUT2D eigenvalue weighted by Gasteiger charge is -2.11. The molecular formula is C17H23N2O3. The van der Waals surface area contributed by atoms with Crippen molar-refractivity contribution in [2.45, 2.75) is 26.4 Å². The van der Waals surface area contributed by atoms with E-state index in [-0.39, 0.29) is 12.2 Å². The number of ether oxygens (including phenoxy) is 2. The van der Waals surface area contributed by atoms with Gasteiger partial charge >= 0.3 is 6.09 Å². The lowest BCUT2D eigenvalue weighted by Crippen LogP contribution is -2.17. The monoisotopic (exact) mass is 303 g/mol. The summed E-state index contributed by atoms with van der Waals surface area (Å²) in [6.45, 7) is 5.31. The fourth-order valence-electron chi connectivity index (χ4n) is 2.11. The Bertz CT molecular complexity index is 632. The SMILES string of the molecule is CC(C)OC(=O)n1c[c]c2cc(OCCCN(C)C)ccc21. The summed E-state index contributed by atoms with van der Waals surface area (Å²) in [5.74, 6) is 0.789. The van der Waals surface area contributed by atoms with Crippen LogP contribution in [0.15, 0.2) is 24.4 Å². The lowest BCUT2D eigenvalue weighted by atomic mass is 10.2. The Hall–Kier alpha value is -2.01. The van der Waals surface area contributed by atoms with Crippen LogP contribution in [-0.4, -0.2) is 48.9 Å². The van der Waals surface area contributed by atoms with E-state index in [9.17, 15) is 4.79 Å². The van der Waals surface area contributed by atoms with Crippen LogP contribution in [0.5, 0.6) is 5.75 Å². The van der Waals surface area contributed by atoms with Crippen molar-refractivity contribution >= 4 is 17.0 Å². The van der Waals surface area contributed by atoms with E-state index in [1.807, 2.05) is 46.1 Å². The summed E-state index contributed by atoms with van der Waals surface area (Å²) in [5.41, 5.74) is 0.770. The molecule has 1 aromatic carbocycles. The molecule has 2 rings (SSSR count). The molecule has 0 saturated heterocycles. The third-order valence-electron chi connectivity index (χ3n) is 3.13. The van der Waals surface area contributed by atoms with Gasteiger partial charge in [-0.3, -0.25) is 4.57 Å². The van der Waals surface area contributed by atoms with Crippen LogP contribution in [0.1, 0.15) is 20.3 Å². The third-order valence-corrected chi connectivity index (χ3v) is 3.13. The predicted octanol–water partition coefficient (Wildman–Crippen LogP) is 3.17. The highest BCUT2D eigenvalue weighted by Gasteiger charge is 2.12. The summed E-state index contributed by atoms with van der Waals surface area (Å²) in [4.78, 5) is 14.1. The first-order chi connectivity index (χ1) is 10.5. The maximum atomic E-state index is 12.0. The normalized spacial score (nSPS) is 11.4. The maximum absolute atomic E-state index is 12.0. The van der Waals surface area contributed by atoms with Crippen molar-refractivity contribution in [1.82, 2.24) is 9.47 Å². The molecule has 0 aliphatic carbocycles. The topological polar surface area (TPSA) is 43.7 Å². The van der Waals surface area contributed by atoms with E-state index >= 15 is 0 Å². The number of benzene rings is 1. The van der Waals surface area contributed by atoms with Crippen LogP contribution >= 0.6 is 0 Å². The molecule has 0 aliphatic rings. The molecule has 5 nitrogen and oxygen atoms in total. The Labute approximate surface area is 131 Å². The highest BCUT2D eigenvalue weighted by atomic mass is 16.6. The van der Waals surface area contributed by atoms with Gasteiger partial charge in [-0.2, -0.15) is 0 Å². The van der Waals surface area contributed by atoms with Crippen molar-refractivity contribution in [3.63, 3.8) is 0 Å². The molecule has 2 aromatic rings. The van der Waals surface area contributed by atoms with E-state index in [2.05, 4.69) is 11.0 Å². The number of hydrogen-bond donors (Lipinski definition) is 0. The number of carbonyl (C=O) groups excluding carboxylic acids is 1. The highest BCUT2D eigenvalue weighted by Crippen LogP contribution is 2.22. The molecule has 0 unspecified atom stereocenters. The highest BCUT2D eigenvalue weighted by molar-refractivity contribution is 5.89. The van der Waals surface area contributed by atoms with Crippen LogP contribution in [0.3, 0.4) is 0 Å². The Morgan fingerprint density at radius 2 is 2.14 bits per heavy atom. The zero-order valence-electron chi connectivity index (χ0n) is 13.6. The molecule has 119 valence electrons. The smallest absolute Gasteiger partial charge is 0.418 e. The van der Waals surface area contributed by atoms with Gasteiger partial charge in [-0.1, -0.05) is 0 Å². The molecule has 0 saturated carbocycles. The second kappa shape index (κ2) is 7.31. The number of rotatable bonds is 6.